The topological polar surface area (TPSA) is 110 Å². The lowest BCUT2D eigenvalue weighted by Crippen LogP contribution is -2.53. The van der Waals surface area contributed by atoms with Crippen LogP contribution in [0.2, 0.25) is 0 Å². The lowest BCUT2D eigenvalue weighted by atomic mass is 10.00. The van der Waals surface area contributed by atoms with Gasteiger partial charge in [-0.2, -0.15) is 0 Å². The summed E-state index contributed by atoms with van der Waals surface area (Å²) in [5.74, 6) is -0.589. The Labute approximate surface area is 495 Å². The Morgan fingerprint density at radius 3 is 0.797 bits per heavy atom. The molecule has 0 aliphatic carbocycles. The third-order valence-electron chi connectivity index (χ3n) is 17.4. The highest BCUT2D eigenvalue weighted by molar-refractivity contribution is 5.80. The number of unbranched alkanes of at least 4 members (excludes halogenated alkanes) is 55. The standard InChI is InChI=1S/C73H143NO5/c1-3-5-7-9-11-13-15-17-19-21-23-25-27-29-31-32-33-34-35-36-37-38-39-41-43-45-47-49-51-53-55-57-59-61-63-65-67-71(77)73(79)74-69(68-75)72(78)70(76)66-64-62-60-58-56-54-52-50-48-46-44-42-40-30-28-26-24-22-20-18-16-14-12-10-8-6-4-2/h50,52,58,60,69-72,75-78H,3-49,51,53-57,59,61-68H2,1-2H3,(H,74,79)/b52-50+,60-58+. The van der Waals surface area contributed by atoms with Gasteiger partial charge in [-0.15, -0.1) is 0 Å². The molecule has 0 aliphatic rings. The van der Waals surface area contributed by atoms with Crippen LogP contribution in [0, 0.1) is 0 Å². The Hall–Kier alpha value is -1.21. The van der Waals surface area contributed by atoms with E-state index in [1.165, 1.54) is 334 Å². The van der Waals surface area contributed by atoms with Gasteiger partial charge in [-0.1, -0.05) is 378 Å². The monoisotopic (exact) mass is 1110 g/mol. The average molecular weight is 1110 g/mol. The minimum absolute atomic E-state index is 0.365. The first kappa shape index (κ1) is 77.8. The van der Waals surface area contributed by atoms with Gasteiger partial charge in [0, 0.05) is 0 Å². The Bertz CT molecular complexity index is 1210. The zero-order chi connectivity index (χ0) is 57.3. The minimum Gasteiger partial charge on any atom is -0.394 e. The molecule has 4 atom stereocenters. The fourth-order valence-electron chi connectivity index (χ4n) is 11.8. The van der Waals surface area contributed by atoms with E-state index in [-0.39, 0.29) is 0 Å². The Morgan fingerprint density at radius 2 is 0.532 bits per heavy atom. The van der Waals surface area contributed by atoms with Crippen molar-refractivity contribution in [1.29, 1.82) is 0 Å². The van der Waals surface area contributed by atoms with Crippen LogP contribution in [-0.2, 0) is 4.79 Å². The second-order valence-electron chi connectivity index (χ2n) is 25.3. The van der Waals surface area contributed by atoms with Crippen LogP contribution in [0.25, 0.3) is 0 Å². The number of hydrogen-bond acceptors (Lipinski definition) is 5. The Balaban J connectivity index is 3.54. The van der Waals surface area contributed by atoms with E-state index in [2.05, 4.69) is 43.5 Å². The maximum absolute atomic E-state index is 12.7. The lowest BCUT2D eigenvalue weighted by molar-refractivity contribution is -0.132. The summed E-state index contributed by atoms with van der Waals surface area (Å²) in [5.41, 5.74) is 0. The summed E-state index contributed by atoms with van der Waals surface area (Å²) in [5, 5.41) is 44.2. The smallest absolute Gasteiger partial charge is 0.249 e. The number of aliphatic hydroxyl groups excluding tert-OH is 4. The van der Waals surface area contributed by atoms with Gasteiger partial charge in [0.2, 0.25) is 5.91 Å². The van der Waals surface area contributed by atoms with Gasteiger partial charge in [0.05, 0.1) is 18.8 Å². The summed E-state index contributed by atoms with van der Waals surface area (Å²) in [4.78, 5) is 12.7. The molecule has 0 aromatic carbocycles. The molecule has 0 rings (SSSR count). The highest BCUT2D eigenvalue weighted by Gasteiger charge is 2.28. The first-order valence-corrected chi connectivity index (χ1v) is 36.2. The largest absolute Gasteiger partial charge is 0.394 e. The van der Waals surface area contributed by atoms with E-state index in [4.69, 9.17) is 0 Å². The van der Waals surface area contributed by atoms with Crippen molar-refractivity contribution in [2.45, 2.75) is 430 Å². The van der Waals surface area contributed by atoms with Crippen LogP contribution in [-0.4, -0.2) is 57.3 Å². The zero-order valence-electron chi connectivity index (χ0n) is 53.7. The number of nitrogens with one attached hydrogen (secondary N) is 1. The first-order valence-electron chi connectivity index (χ1n) is 36.2. The van der Waals surface area contributed by atoms with E-state index in [1.54, 1.807) is 0 Å². The van der Waals surface area contributed by atoms with Crippen LogP contribution >= 0.6 is 0 Å². The fraction of sp³-hybridized carbons (Fsp3) is 0.932. The minimum atomic E-state index is -1.29. The molecular weight excluding hydrogens is 971 g/mol. The van der Waals surface area contributed by atoms with E-state index in [1.807, 2.05) is 0 Å². The molecule has 0 radical (unpaired) electrons. The van der Waals surface area contributed by atoms with Crippen molar-refractivity contribution in [3.63, 3.8) is 0 Å². The predicted octanol–water partition coefficient (Wildman–Crippen LogP) is 22.5. The van der Waals surface area contributed by atoms with Crippen LogP contribution in [0.4, 0.5) is 0 Å². The molecule has 1 amide bonds. The summed E-state index contributed by atoms with van der Waals surface area (Å²) in [6, 6.07) is -1.01. The molecule has 79 heavy (non-hydrogen) atoms. The fourth-order valence-corrected chi connectivity index (χ4v) is 11.8. The van der Waals surface area contributed by atoms with E-state index in [0.29, 0.717) is 19.3 Å². The van der Waals surface area contributed by atoms with E-state index < -0.39 is 36.9 Å². The van der Waals surface area contributed by atoms with Crippen molar-refractivity contribution in [1.82, 2.24) is 5.32 Å². The van der Waals surface area contributed by atoms with Gasteiger partial charge in [-0.3, -0.25) is 4.79 Å². The molecule has 5 N–H and O–H groups in total. The van der Waals surface area contributed by atoms with Gasteiger partial charge in [0.15, 0.2) is 0 Å². The predicted molar refractivity (Wildman–Crippen MR) is 348 cm³/mol. The van der Waals surface area contributed by atoms with Crippen LogP contribution in [0.15, 0.2) is 24.3 Å². The van der Waals surface area contributed by atoms with Crippen molar-refractivity contribution < 1.29 is 25.2 Å². The Kier molecular flexibility index (Phi) is 66.5. The van der Waals surface area contributed by atoms with E-state index in [9.17, 15) is 25.2 Å². The van der Waals surface area contributed by atoms with Crippen molar-refractivity contribution in [2.75, 3.05) is 6.61 Å². The van der Waals surface area contributed by atoms with Gasteiger partial charge >= 0.3 is 0 Å². The maximum atomic E-state index is 12.7. The molecular formula is C73H143NO5. The summed E-state index contributed by atoms with van der Waals surface area (Å²) in [6.07, 6.45) is 86.1. The van der Waals surface area contributed by atoms with Crippen molar-refractivity contribution in [3.05, 3.63) is 24.3 Å². The quantitative estimate of drug-likeness (QED) is 0.0308. The summed E-state index contributed by atoms with van der Waals surface area (Å²) in [6.45, 7) is 4.10. The summed E-state index contributed by atoms with van der Waals surface area (Å²) >= 11 is 0. The number of hydrogen-bond donors (Lipinski definition) is 5. The molecule has 6 heteroatoms. The lowest BCUT2D eigenvalue weighted by Gasteiger charge is -2.27. The maximum Gasteiger partial charge on any atom is 0.249 e. The molecule has 0 spiro atoms. The number of aliphatic hydroxyl groups is 4. The molecule has 0 heterocycles. The third kappa shape index (κ3) is 61.2. The van der Waals surface area contributed by atoms with Gasteiger partial charge in [0.1, 0.15) is 12.2 Å². The van der Waals surface area contributed by atoms with Crippen LogP contribution < -0.4 is 5.32 Å². The molecule has 0 saturated heterocycles. The van der Waals surface area contributed by atoms with E-state index in [0.717, 1.165) is 38.5 Å². The molecule has 0 aromatic heterocycles. The van der Waals surface area contributed by atoms with Crippen molar-refractivity contribution >= 4 is 5.91 Å². The number of amides is 1. The van der Waals surface area contributed by atoms with Crippen molar-refractivity contribution in [2.24, 2.45) is 0 Å². The summed E-state index contributed by atoms with van der Waals surface area (Å²) in [7, 11) is 0. The van der Waals surface area contributed by atoms with Crippen LogP contribution in [0.1, 0.15) is 406 Å². The average Bonchev–Trinajstić information content (AvgIpc) is 3.45. The molecule has 6 nitrogen and oxygen atoms in total. The molecule has 0 aliphatic heterocycles. The number of carbonyl (C=O) groups excluding carboxylic acids is 1. The van der Waals surface area contributed by atoms with Crippen LogP contribution in [0.5, 0.6) is 0 Å². The highest BCUT2D eigenvalue weighted by atomic mass is 16.3. The normalized spacial score (nSPS) is 13.5. The second-order valence-corrected chi connectivity index (χ2v) is 25.3. The van der Waals surface area contributed by atoms with Crippen molar-refractivity contribution in [3.8, 4) is 0 Å². The SMILES string of the molecule is CCCCCCCCCCCCCCCCCCCC/C=C/CC/C=C/CCCC(O)C(O)C(CO)NC(=O)C(O)CCCCCCCCCCCCCCCCCCCCCCCCCCCCCCCCCCCCCC. The number of rotatable bonds is 68. The van der Waals surface area contributed by atoms with Gasteiger partial charge in [0.25, 0.3) is 0 Å². The first-order chi connectivity index (χ1) is 39.0. The second kappa shape index (κ2) is 67.6. The van der Waals surface area contributed by atoms with E-state index >= 15 is 0 Å². The molecule has 0 bridgehead atoms. The molecule has 4 unspecified atom stereocenters. The van der Waals surface area contributed by atoms with Crippen LogP contribution in [0.3, 0.4) is 0 Å². The van der Waals surface area contributed by atoms with Gasteiger partial charge in [-0.25, -0.2) is 0 Å². The zero-order valence-corrected chi connectivity index (χ0v) is 53.7. The highest BCUT2D eigenvalue weighted by Crippen LogP contribution is 2.20. The summed E-state index contributed by atoms with van der Waals surface area (Å²) < 4.78 is 0. The number of allylic oxidation sites excluding steroid dienone is 4. The number of carbonyl (C=O) groups is 1. The molecule has 0 saturated carbocycles. The van der Waals surface area contributed by atoms with Gasteiger partial charge < -0.3 is 25.7 Å². The third-order valence-corrected chi connectivity index (χ3v) is 17.4. The molecule has 0 aromatic rings. The van der Waals surface area contributed by atoms with Gasteiger partial charge in [-0.05, 0) is 51.4 Å². The Morgan fingerprint density at radius 1 is 0.304 bits per heavy atom. The molecule has 470 valence electrons. The molecule has 0 fully saturated rings.